The number of fused-ring (bicyclic) bond motifs is 1. The molecule has 0 saturated heterocycles. The van der Waals surface area contributed by atoms with E-state index in [-0.39, 0.29) is 6.03 Å². The first-order valence-electron chi connectivity index (χ1n) is 12.9. The SMILES string of the molecule is CCCSc1ccc(Cl)cc1CNC(=O)N[C@@H](Cc1ccccc1)c1nc(-c2ccc3c(N)n[nH]c3c2)c(Cl)[nH]1. The number of benzene rings is 3. The molecule has 0 bridgehead atoms. The molecule has 40 heavy (non-hydrogen) atoms. The van der Waals surface area contributed by atoms with Gasteiger partial charge in [-0.2, -0.15) is 5.10 Å². The van der Waals surface area contributed by atoms with Gasteiger partial charge in [-0.3, -0.25) is 5.10 Å². The number of nitrogens with two attached hydrogens (primary N) is 1. The fourth-order valence-electron chi connectivity index (χ4n) is 4.40. The molecule has 0 unspecified atom stereocenters. The summed E-state index contributed by atoms with van der Waals surface area (Å²) in [6.07, 6.45) is 1.57. The lowest BCUT2D eigenvalue weighted by Gasteiger charge is -2.18. The van der Waals surface area contributed by atoms with Crippen molar-refractivity contribution < 1.29 is 4.79 Å². The molecule has 11 heteroatoms. The van der Waals surface area contributed by atoms with Gasteiger partial charge in [-0.05, 0) is 60.1 Å². The first-order chi connectivity index (χ1) is 19.4. The molecule has 5 aromatic rings. The minimum absolute atomic E-state index is 0.323. The van der Waals surface area contributed by atoms with Crippen molar-refractivity contribution in [1.82, 2.24) is 30.8 Å². The summed E-state index contributed by atoms with van der Waals surface area (Å²) in [5, 5.41) is 14.9. The van der Waals surface area contributed by atoms with Crippen molar-refractivity contribution in [3.63, 3.8) is 0 Å². The number of thioether (sulfide) groups is 1. The Labute approximate surface area is 246 Å². The summed E-state index contributed by atoms with van der Waals surface area (Å²) in [5.74, 6) is 1.97. The van der Waals surface area contributed by atoms with Crippen LogP contribution in [-0.2, 0) is 13.0 Å². The number of nitrogen functional groups attached to an aromatic ring is 1. The molecule has 2 aromatic heterocycles. The molecule has 0 fully saturated rings. The molecule has 1 atom stereocenters. The highest BCUT2D eigenvalue weighted by atomic mass is 35.5. The van der Waals surface area contributed by atoms with Crippen LogP contribution in [0.4, 0.5) is 10.6 Å². The Bertz CT molecular complexity index is 1620. The van der Waals surface area contributed by atoms with Crippen molar-refractivity contribution in [2.24, 2.45) is 0 Å². The van der Waals surface area contributed by atoms with Crippen LogP contribution in [-0.4, -0.2) is 31.9 Å². The lowest BCUT2D eigenvalue weighted by Crippen LogP contribution is -2.38. The lowest BCUT2D eigenvalue weighted by molar-refractivity contribution is 0.236. The van der Waals surface area contributed by atoms with Gasteiger partial charge in [0.1, 0.15) is 16.7 Å². The van der Waals surface area contributed by atoms with Gasteiger partial charge in [-0.1, -0.05) is 66.5 Å². The molecule has 2 heterocycles. The molecule has 3 aromatic carbocycles. The summed E-state index contributed by atoms with van der Waals surface area (Å²) in [5.41, 5.74) is 10.1. The fourth-order valence-corrected chi connectivity index (χ4v) is 5.75. The van der Waals surface area contributed by atoms with Gasteiger partial charge in [-0.15, -0.1) is 11.8 Å². The highest BCUT2D eigenvalue weighted by molar-refractivity contribution is 7.99. The van der Waals surface area contributed by atoms with Crippen LogP contribution in [0.1, 0.15) is 36.3 Å². The van der Waals surface area contributed by atoms with Crippen molar-refractivity contribution in [2.45, 2.75) is 37.2 Å². The van der Waals surface area contributed by atoms with E-state index in [1.165, 1.54) is 0 Å². The Morgan fingerprint density at radius 2 is 1.93 bits per heavy atom. The van der Waals surface area contributed by atoms with E-state index in [4.69, 9.17) is 33.9 Å². The van der Waals surface area contributed by atoms with Gasteiger partial charge in [0.2, 0.25) is 0 Å². The number of carbonyl (C=O) groups excluding carboxylic acids is 1. The smallest absolute Gasteiger partial charge is 0.315 e. The monoisotopic (exact) mass is 593 g/mol. The number of halogens is 2. The number of aromatic nitrogens is 4. The van der Waals surface area contributed by atoms with E-state index in [2.05, 4.69) is 32.7 Å². The molecule has 0 spiro atoms. The summed E-state index contributed by atoms with van der Waals surface area (Å²) >= 11 is 14.6. The second kappa shape index (κ2) is 12.7. The average Bonchev–Trinajstić information content (AvgIpc) is 3.53. The molecule has 0 aliphatic heterocycles. The van der Waals surface area contributed by atoms with Crippen molar-refractivity contribution in [1.29, 1.82) is 0 Å². The van der Waals surface area contributed by atoms with Crippen molar-refractivity contribution in [2.75, 3.05) is 11.5 Å². The van der Waals surface area contributed by atoms with Crippen molar-refractivity contribution >= 4 is 57.7 Å². The molecular weight excluding hydrogens is 565 g/mol. The maximum Gasteiger partial charge on any atom is 0.315 e. The molecule has 206 valence electrons. The predicted molar refractivity (Wildman–Crippen MR) is 164 cm³/mol. The molecule has 0 radical (unpaired) electrons. The van der Waals surface area contributed by atoms with Crippen LogP contribution in [0.15, 0.2) is 71.6 Å². The summed E-state index contributed by atoms with van der Waals surface area (Å²) in [6.45, 7) is 2.48. The quantitative estimate of drug-likeness (QED) is 0.110. The van der Waals surface area contributed by atoms with E-state index in [0.29, 0.717) is 40.5 Å². The zero-order chi connectivity index (χ0) is 28.1. The molecule has 5 rings (SSSR count). The molecular formula is C29H29Cl2N7OS. The summed E-state index contributed by atoms with van der Waals surface area (Å²) in [4.78, 5) is 22.2. The van der Waals surface area contributed by atoms with Crippen LogP contribution in [0.25, 0.3) is 22.2 Å². The first-order valence-corrected chi connectivity index (χ1v) is 14.6. The van der Waals surface area contributed by atoms with E-state index in [1.807, 2.05) is 66.7 Å². The second-order valence-corrected chi connectivity index (χ2v) is 11.3. The second-order valence-electron chi connectivity index (χ2n) is 9.32. The van der Waals surface area contributed by atoms with Crippen LogP contribution < -0.4 is 16.4 Å². The van der Waals surface area contributed by atoms with Crippen LogP contribution in [0.5, 0.6) is 0 Å². The highest BCUT2D eigenvalue weighted by Gasteiger charge is 2.22. The number of hydrogen-bond donors (Lipinski definition) is 5. The number of urea groups is 1. The number of nitrogens with zero attached hydrogens (tertiary/aromatic N) is 2. The zero-order valence-corrected chi connectivity index (χ0v) is 24.1. The van der Waals surface area contributed by atoms with Gasteiger partial charge >= 0.3 is 6.03 Å². The number of carbonyl (C=O) groups is 1. The van der Waals surface area contributed by atoms with Crippen LogP contribution >= 0.6 is 35.0 Å². The van der Waals surface area contributed by atoms with Crippen LogP contribution in [0.3, 0.4) is 0 Å². The summed E-state index contributed by atoms with van der Waals surface area (Å²) in [6, 6.07) is 20.6. The number of imidazole rings is 1. The minimum Gasteiger partial charge on any atom is -0.382 e. The first kappa shape index (κ1) is 27.9. The lowest BCUT2D eigenvalue weighted by atomic mass is 10.1. The van der Waals surface area contributed by atoms with Crippen LogP contribution in [0.2, 0.25) is 10.2 Å². The zero-order valence-electron chi connectivity index (χ0n) is 21.8. The number of amides is 2. The number of H-pyrrole nitrogens is 2. The standard InChI is InChI=1S/C29H29Cl2N7OS/c1-2-12-40-24-11-9-20(30)14-19(24)16-33-29(39)34-23(13-17-6-4-3-5-7-17)28-35-25(26(31)36-28)18-8-10-21-22(15-18)37-38-27(21)32/h3-11,14-15,23H,2,12-13,16H2,1H3,(H,35,36)(H3,32,37,38)(H2,33,34,39)/t23-/m0/s1. The van der Waals surface area contributed by atoms with E-state index in [0.717, 1.165) is 44.7 Å². The Hall–Kier alpha value is -3.66. The molecule has 6 N–H and O–H groups in total. The number of anilines is 1. The Morgan fingerprint density at radius 1 is 1.10 bits per heavy atom. The van der Waals surface area contributed by atoms with Crippen molar-refractivity contribution in [3.05, 3.63) is 93.9 Å². The van der Waals surface area contributed by atoms with Crippen LogP contribution in [0, 0.1) is 0 Å². The molecule has 2 amide bonds. The maximum atomic E-state index is 13.2. The third-order valence-corrected chi connectivity index (χ3v) is 8.22. The number of aromatic amines is 2. The summed E-state index contributed by atoms with van der Waals surface area (Å²) in [7, 11) is 0. The van der Waals surface area contributed by atoms with E-state index in [9.17, 15) is 4.79 Å². The topological polar surface area (TPSA) is 125 Å². The third-order valence-electron chi connectivity index (χ3n) is 6.39. The molecule has 0 aliphatic rings. The number of nitrogens with one attached hydrogen (secondary N) is 4. The molecule has 0 aliphatic carbocycles. The summed E-state index contributed by atoms with van der Waals surface area (Å²) < 4.78 is 0. The Kier molecular flexibility index (Phi) is 8.84. The molecule has 8 nitrogen and oxygen atoms in total. The Balaban J connectivity index is 1.37. The van der Waals surface area contributed by atoms with Gasteiger partial charge in [-0.25, -0.2) is 9.78 Å². The largest absolute Gasteiger partial charge is 0.382 e. The Morgan fingerprint density at radius 3 is 2.73 bits per heavy atom. The minimum atomic E-state index is -0.464. The van der Waals surface area contributed by atoms with E-state index in [1.54, 1.807) is 11.8 Å². The average molecular weight is 595 g/mol. The third kappa shape index (κ3) is 6.55. The van der Waals surface area contributed by atoms with E-state index < -0.39 is 6.04 Å². The highest BCUT2D eigenvalue weighted by Crippen LogP contribution is 2.31. The van der Waals surface area contributed by atoms with Gasteiger partial charge < -0.3 is 21.4 Å². The fraction of sp³-hybridized carbons (Fsp3) is 0.207. The number of hydrogen-bond acceptors (Lipinski definition) is 5. The van der Waals surface area contributed by atoms with Gasteiger partial charge in [0, 0.05) is 27.4 Å². The normalized spacial score (nSPS) is 12.0. The molecule has 0 saturated carbocycles. The van der Waals surface area contributed by atoms with Crippen molar-refractivity contribution in [3.8, 4) is 11.3 Å². The van der Waals surface area contributed by atoms with Gasteiger partial charge in [0.25, 0.3) is 0 Å². The number of rotatable bonds is 10. The van der Waals surface area contributed by atoms with E-state index >= 15 is 0 Å². The predicted octanol–water partition coefficient (Wildman–Crippen LogP) is 7.13. The maximum absolute atomic E-state index is 13.2. The van der Waals surface area contributed by atoms with Gasteiger partial charge in [0.15, 0.2) is 5.82 Å². The van der Waals surface area contributed by atoms with Gasteiger partial charge in [0.05, 0.1) is 11.6 Å².